The number of esters is 3. The molecule has 0 heterocycles. The van der Waals surface area contributed by atoms with Gasteiger partial charge in [-0.3, -0.25) is 14.4 Å². The molecule has 0 aromatic carbocycles. The van der Waals surface area contributed by atoms with E-state index in [-0.39, 0.29) is 31.1 Å². The first-order valence-electron chi connectivity index (χ1n) is 28.3. The highest BCUT2D eigenvalue weighted by molar-refractivity contribution is 5.71. The van der Waals surface area contributed by atoms with Crippen molar-refractivity contribution >= 4 is 17.9 Å². The Morgan fingerprint density at radius 1 is 0.324 bits per heavy atom. The Labute approximate surface area is 419 Å². The SMILES string of the molecule is CC/C=C\C/C=C\C/C=C\CCCCCCC(=O)OCC(COC(=O)CCCCCCC\C=C/C=C\C=C/C=C\CCCCC)OC(=O)CCCCCCC/C=C\CCCCCCCCCCC. The van der Waals surface area contributed by atoms with Crippen LogP contribution in [0.2, 0.25) is 0 Å². The fourth-order valence-electron chi connectivity index (χ4n) is 7.64. The predicted octanol–water partition coefficient (Wildman–Crippen LogP) is 18.9. The Hall–Kier alpha value is -3.67. The summed E-state index contributed by atoms with van der Waals surface area (Å²) in [5, 5.41) is 0. The number of carbonyl (C=O) groups is 3. The molecule has 0 saturated carbocycles. The third-order valence-electron chi connectivity index (χ3n) is 11.9. The molecule has 0 aromatic heterocycles. The van der Waals surface area contributed by atoms with Gasteiger partial charge in [0, 0.05) is 19.3 Å². The second-order valence-electron chi connectivity index (χ2n) is 18.5. The van der Waals surface area contributed by atoms with E-state index in [1.54, 1.807) is 0 Å². The van der Waals surface area contributed by atoms with Gasteiger partial charge in [0.25, 0.3) is 0 Å². The molecule has 0 N–H and O–H groups in total. The molecule has 0 aliphatic carbocycles. The first-order chi connectivity index (χ1) is 33.5. The van der Waals surface area contributed by atoms with Gasteiger partial charge in [-0.05, 0) is 103 Å². The quantitative estimate of drug-likeness (QED) is 0.0199. The van der Waals surface area contributed by atoms with Crippen LogP contribution in [0.5, 0.6) is 0 Å². The number of allylic oxidation sites excluding steroid dienone is 16. The Kier molecular flexibility index (Phi) is 52.9. The molecule has 1 unspecified atom stereocenters. The lowest BCUT2D eigenvalue weighted by Crippen LogP contribution is -2.30. The summed E-state index contributed by atoms with van der Waals surface area (Å²) in [5.41, 5.74) is 0. The molecule has 0 bridgehead atoms. The van der Waals surface area contributed by atoms with Crippen molar-refractivity contribution in [1.29, 1.82) is 0 Å². The van der Waals surface area contributed by atoms with Crippen molar-refractivity contribution in [2.45, 2.75) is 264 Å². The number of rotatable bonds is 50. The minimum Gasteiger partial charge on any atom is -0.462 e. The summed E-state index contributed by atoms with van der Waals surface area (Å²) in [7, 11) is 0. The molecule has 0 spiro atoms. The van der Waals surface area contributed by atoms with Gasteiger partial charge in [0.1, 0.15) is 13.2 Å². The molecule has 1 atom stereocenters. The Balaban J connectivity index is 4.48. The van der Waals surface area contributed by atoms with E-state index in [9.17, 15) is 14.4 Å². The van der Waals surface area contributed by atoms with Crippen LogP contribution in [-0.2, 0) is 28.6 Å². The van der Waals surface area contributed by atoms with Crippen molar-refractivity contribution in [3.63, 3.8) is 0 Å². The van der Waals surface area contributed by atoms with Crippen LogP contribution in [0.4, 0.5) is 0 Å². The number of hydrogen-bond donors (Lipinski definition) is 0. The van der Waals surface area contributed by atoms with E-state index in [0.717, 1.165) is 128 Å². The molecule has 0 aliphatic heterocycles. The summed E-state index contributed by atoms with van der Waals surface area (Å²) < 4.78 is 16.8. The van der Waals surface area contributed by atoms with Crippen LogP contribution in [0.3, 0.4) is 0 Å². The molecular weight excluding hydrogens is 841 g/mol. The topological polar surface area (TPSA) is 78.9 Å². The minimum atomic E-state index is -0.803. The van der Waals surface area contributed by atoms with Gasteiger partial charge < -0.3 is 14.2 Å². The maximum absolute atomic E-state index is 12.9. The van der Waals surface area contributed by atoms with Crippen LogP contribution in [0, 0.1) is 0 Å². The van der Waals surface area contributed by atoms with Crippen molar-refractivity contribution in [2.24, 2.45) is 0 Å². The molecule has 68 heavy (non-hydrogen) atoms. The monoisotopic (exact) mass is 945 g/mol. The number of hydrogen-bond acceptors (Lipinski definition) is 6. The lowest BCUT2D eigenvalue weighted by molar-refractivity contribution is -0.167. The Morgan fingerprint density at radius 3 is 1.07 bits per heavy atom. The van der Waals surface area contributed by atoms with Gasteiger partial charge in [-0.2, -0.15) is 0 Å². The smallest absolute Gasteiger partial charge is 0.306 e. The van der Waals surface area contributed by atoms with Crippen molar-refractivity contribution in [3.8, 4) is 0 Å². The molecule has 0 fully saturated rings. The maximum Gasteiger partial charge on any atom is 0.306 e. The fraction of sp³-hybridized carbons (Fsp3) is 0.694. The van der Waals surface area contributed by atoms with Gasteiger partial charge in [0.05, 0.1) is 0 Å². The second-order valence-corrected chi connectivity index (χ2v) is 18.5. The average Bonchev–Trinajstić information content (AvgIpc) is 3.34. The summed E-state index contributed by atoms with van der Waals surface area (Å²) >= 11 is 0. The van der Waals surface area contributed by atoms with Crippen molar-refractivity contribution < 1.29 is 28.6 Å². The summed E-state index contributed by atoms with van der Waals surface area (Å²) in [4.78, 5) is 38.1. The zero-order chi connectivity index (χ0) is 49.3. The fourth-order valence-corrected chi connectivity index (χ4v) is 7.64. The highest BCUT2D eigenvalue weighted by Gasteiger charge is 2.19. The van der Waals surface area contributed by atoms with Crippen LogP contribution in [0.1, 0.15) is 258 Å². The second kappa shape index (κ2) is 55.9. The van der Waals surface area contributed by atoms with Crippen molar-refractivity contribution in [2.75, 3.05) is 13.2 Å². The largest absolute Gasteiger partial charge is 0.462 e. The maximum atomic E-state index is 12.9. The van der Waals surface area contributed by atoms with E-state index < -0.39 is 6.10 Å². The van der Waals surface area contributed by atoms with Crippen LogP contribution >= 0.6 is 0 Å². The van der Waals surface area contributed by atoms with Gasteiger partial charge in [-0.1, -0.05) is 234 Å². The summed E-state index contributed by atoms with van der Waals surface area (Å²) in [5.74, 6) is -0.950. The number of unbranched alkanes of at least 4 members (excludes halogenated alkanes) is 26. The first kappa shape index (κ1) is 64.3. The first-order valence-corrected chi connectivity index (χ1v) is 28.3. The molecule has 6 heteroatoms. The normalized spacial score (nSPS) is 12.8. The molecule has 0 saturated heterocycles. The zero-order valence-electron chi connectivity index (χ0n) is 44.3. The highest BCUT2D eigenvalue weighted by Crippen LogP contribution is 2.14. The molecule has 0 radical (unpaired) electrons. The molecule has 0 aliphatic rings. The van der Waals surface area contributed by atoms with Crippen LogP contribution in [0.25, 0.3) is 0 Å². The zero-order valence-corrected chi connectivity index (χ0v) is 44.3. The molecule has 0 aromatic rings. The minimum absolute atomic E-state index is 0.101. The van der Waals surface area contributed by atoms with Gasteiger partial charge >= 0.3 is 17.9 Å². The van der Waals surface area contributed by atoms with E-state index in [1.807, 2.05) is 0 Å². The Morgan fingerprint density at radius 2 is 0.632 bits per heavy atom. The predicted molar refractivity (Wildman–Crippen MR) is 293 cm³/mol. The van der Waals surface area contributed by atoms with Crippen molar-refractivity contribution in [1.82, 2.24) is 0 Å². The molecular formula is C62H104O6. The summed E-state index contributed by atoms with van der Waals surface area (Å²) in [6.07, 6.45) is 73.9. The molecule has 388 valence electrons. The third kappa shape index (κ3) is 53.3. The van der Waals surface area contributed by atoms with Crippen LogP contribution in [-0.4, -0.2) is 37.2 Å². The highest BCUT2D eigenvalue weighted by atomic mass is 16.6. The van der Waals surface area contributed by atoms with Crippen LogP contribution < -0.4 is 0 Å². The molecule has 6 nitrogen and oxygen atoms in total. The van der Waals surface area contributed by atoms with Crippen LogP contribution in [0.15, 0.2) is 97.2 Å². The van der Waals surface area contributed by atoms with Gasteiger partial charge in [-0.25, -0.2) is 0 Å². The average molecular weight is 946 g/mol. The number of carbonyl (C=O) groups excluding carboxylic acids is 3. The summed E-state index contributed by atoms with van der Waals surface area (Å²) in [6.45, 7) is 6.45. The van der Waals surface area contributed by atoms with Crippen molar-refractivity contribution in [3.05, 3.63) is 97.2 Å². The summed E-state index contributed by atoms with van der Waals surface area (Å²) in [6, 6.07) is 0. The standard InChI is InChI=1S/C62H104O6/c1-4-7-10-13-16-19-22-25-28-30-32-34-37-40-43-46-49-52-55-61(64)67-58-59(57-66-60(63)54-51-48-45-42-39-36-27-24-21-18-15-12-9-6-3)68-62(65)56-53-50-47-44-41-38-35-33-31-29-26-23-20-17-14-11-8-5-2/h9,12,16,18-19,21-22,25,27-28,30,32-36,59H,4-8,10-11,13-15,17,20,23-24,26,29,31,37-58H2,1-3H3/b12-9-,19-16-,21-18-,25-22-,30-28-,34-32-,35-33-,36-27-. The van der Waals surface area contributed by atoms with Gasteiger partial charge in [0.15, 0.2) is 6.10 Å². The van der Waals surface area contributed by atoms with E-state index in [0.29, 0.717) is 19.3 Å². The number of ether oxygens (including phenoxy) is 3. The lowest BCUT2D eigenvalue weighted by Gasteiger charge is -2.18. The van der Waals surface area contributed by atoms with Gasteiger partial charge in [-0.15, -0.1) is 0 Å². The Bertz CT molecular complexity index is 1360. The van der Waals surface area contributed by atoms with E-state index in [4.69, 9.17) is 14.2 Å². The van der Waals surface area contributed by atoms with E-state index in [1.165, 1.54) is 89.9 Å². The van der Waals surface area contributed by atoms with E-state index >= 15 is 0 Å². The van der Waals surface area contributed by atoms with E-state index in [2.05, 4.69) is 118 Å². The molecule has 0 amide bonds. The van der Waals surface area contributed by atoms with Gasteiger partial charge in [0.2, 0.25) is 0 Å². The lowest BCUT2D eigenvalue weighted by atomic mass is 10.1. The molecule has 0 rings (SSSR count). The third-order valence-corrected chi connectivity index (χ3v) is 11.9.